The van der Waals surface area contributed by atoms with Crippen LogP contribution in [-0.2, 0) is 4.79 Å². The van der Waals surface area contributed by atoms with Crippen LogP contribution in [0.25, 0.3) is 0 Å². The van der Waals surface area contributed by atoms with Crippen LogP contribution in [0.1, 0.15) is 6.42 Å². The molecule has 0 spiro atoms. The van der Waals surface area contributed by atoms with Crippen molar-refractivity contribution in [3.05, 3.63) is 24.1 Å². The summed E-state index contributed by atoms with van der Waals surface area (Å²) in [4.78, 5) is 30.2. The number of anilines is 1. The number of hydrogen-bond donors (Lipinski definition) is 1. The average Bonchev–Trinajstić information content (AvgIpc) is 2.97. The number of nitrogens with zero attached hydrogens (tertiary/aromatic N) is 3. The lowest BCUT2D eigenvalue weighted by atomic mass is 10.2. The Hall–Kier alpha value is -2.18. The smallest absolute Gasteiger partial charge is 0.324 e. The second-order valence-corrected chi connectivity index (χ2v) is 4.62. The van der Waals surface area contributed by atoms with Gasteiger partial charge in [0.25, 0.3) is 0 Å². The summed E-state index contributed by atoms with van der Waals surface area (Å²) in [5.41, 5.74) is 0. The molecule has 1 aromatic heterocycles. The third kappa shape index (κ3) is 2.00. The van der Waals surface area contributed by atoms with E-state index in [2.05, 4.69) is 10.3 Å². The van der Waals surface area contributed by atoms with Gasteiger partial charge < -0.3 is 10.2 Å². The predicted molar refractivity (Wildman–Crippen MR) is 65.1 cm³/mol. The van der Waals surface area contributed by atoms with Crippen LogP contribution in [0.4, 0.5) is 15.0 Å². The molecule has 2 saturated heterocycles. The fourth-order valence-electron chi connectivity index (χ4n) is 2.56. The number of carbonyl (C=O) groups excluding carboxylic acids is 2. The van der Waals surface area contributed by atoms with Crippen molar-refractivity contribution in [3.8, 4) is 0 Å². The van der Waals surface area contributed by atoms with E-state index >= 15 is 0 Å². The Bertz CT molecular complexity index is 520. The quantitative estimate of drug-likeness (QED) is 0.783. The first-order valence-corrected chi connectivity index (χ1v) is 6.12. The van der Waals surface area contributed by atoms with Crippen LogP contribution >= 0.6 is 0 Å². The van der Waals surface area contributed by atoms with Gasteiger partial charge in [-0.25, -0.2) is 14.2 Å². The highest BCUT2D eigenvalue weighted by molar-refractivity contribution is 6.02. The third-order valence-electron chi connectivity index (χ3n) is 3.45. The first-order chi connectivity index (χ1) is 9.16. The van der Waals surface area contributed by atoms with Crippen molar-refractivity contribution in [1.82, 2.24) is 15.2 Å². The minimum Gasteiger partial charge on any atom is -0.352 e. The van der Waals surface area contributed by atoms with Gasteiger partial charge in [0.05, 0.1) is 12.6 Å². The number of pyridine rings is 1. The van der Waals surface area contributed by atoms with Crippen molar-refractivity contribution in [3.63, 3.8) is 0 Å². The lowest BCUT2D eigenvalue weighted by Gasteiger charge is -2.22. The Kier molecular flexibility index (Phi) is 2.81. The summed E-state index contributed by atoms with van der Waals surface area (Å²) in [7, 11) is 0. The van der Waals surface area contributed by atoms with Gasteiger partial charge in [0.15, 0.2) is 11.6 Å². The number of imide groups is 1. The molecule has 2 aliphatic rings. The summed E-state index contributed by atoms with van der Waals surface area (Å²) in [5, 5.41) is 2.49. The normalized spacial score (nSPS) is 23.1. The Morgan fingerprint density at radius 2 is 2.26 bits per heavy atom. The molecule has 19 heavy (non-hydrogen) atoms. The maximum Gasteiger partial charge on any atom is 0.324 e. The molecule has 7 heteroatoms. The molecular formula is C12H13FN4O2. The van der Waals surface area contributed by atoms with Crippen molar-refractivity contribution in [2.24, 2.45) is 0 Å². The number of rotatable bonds is 2. The van der Waals surface area contributed by atoms with Gasteiger partial charge in [0, 0.05) is 19.3 Å². The lowest BCUT2D eigenvalue weighted by Crippen LogP contribution is -2.42. The van der Waals surface area contributed by atoms with Gasteiger partial charge in [-0.15, -0.1) is 0 Å². The van der Waals surface area contributed by atoms with Crippen LogP contribution in [0.2, 0.25) is 0 Å². The third-order valence-corrected chi connectivity index (χ3v) is 3.45. The molecule has 2 fully saturated rings. The molecule has 0 aromatic carbocycles. The molecule has 1 atom stereocenters. The standard InChI is InChI=1S/C12H13FN4O2/c13-9-2-1-4-14-11(9)16-5-3-8(7-16)17-10(18)6-15-12(17)19/h1-2,4,8H,3,5-7H2,(H,15,19). The van der Waals surface area contributed by atoms with Crippen LogP contribution in [0.3, 0.4) is 0 Å². The number of amides is 3. The van der Waals surface area contributed by atoms with Gasteiger partial charge in [0.2, 0.25) is 5.91 Å². The summed E-state index contributed by atoms with van der Waals surface area (Å²) >= 11 is 0. The molecule has 3 rings (SSSR count). The molecule has 3 amide bonds. The van der Waals surface area contributed by atoms with E-state index in [-0.39, 0.29) is 36.2 Å². The molecule has 0 aliphatic carbocycles. The zero-order chi connectivity index (χ0) is 13.4. The fraction of sp³-hybridized carbons (Fsp3) is 0.417. The van der Waals surface area contributed by atoms with E-state index in [0.29, 0.717) is 19.5 Å². The number of hydrogen-bond acceptors (Lipinski definition) is 4. The molecule has 1 N–H and O–H groups in total. The van der Waals surface area contributed by atoms with E-state index in [1.54, 1.807) is 4.90 Å². The molecule has 3 heterocycles. The van der Waals surface area contributed by atoms with Gasteiger partial charge in [-0.3, -0.25) is 9.69 Å². The van der Waals surface area contributed by atoms with E-state index in [4.69, 9.17) is 0 Å². The zero-order valence-corrected chi connectivity index (χ0v) is 10.2. The van der Waals surface area contributed by atoms with E-state index in [9.17, 15) is 14.0 Å². The van der Waals surface area contributed by atoms with Crippen LogP contribution in [0.15, 0.2) is 18.3 Å². The van der Waals surface area contributed by atoms with Crippen molar-refractivity contribution in [2.45, 2.75) is 12.5 Å². The number of urea groups is 1. The topological polar surface area (TPSA) is 65.5 Å². The molecule has 0 bridgehead atoms. The van der Waals surface area contributed by atoms with Gasteiger partial charge in [-0.1, -0.05) is 0 Å². The van der Waals surface area contributed by atoms with Crippen LogP contribution < -0.4 is 10.2 Å². The maximum absolute atomic E-state index is 13.6. The monoisotopic (exact) mass is 264 g/mol. The number of nitrogens with one attached hydrogen (secondary N) is 1. The highest BCUT2D eigenvalue weighted by Crippen LogP contribution is 2.24. The maximum atomic E-state index is 13.6. The van der Waals surface area contributed by atoms with Crippen molar-refractivity contribution >= 4 is 17.8 Å². The van der Waals surface area contributed by atoms with E-state index in [0.717, 1.165) is 0 Å². The van der Waals surface area contributed by atoms with E-state index < -0.39 is 0 Å². The Morgan fingerprint density at radius 3 is 2.95 bits per heavy atom. The van der Waals surface area contributed by atoms with Crippen molar-refractivity contribution in [1.29, 1.82) is 0 Å². The second kappa shape index (κ2) is 4.49. The summed E-state index contributed by atoms with van der Waals surface area (Å²) in [6.45, 7) is 1.05. The minimum absolute atomic E-state index is 0.0489. The van der Waals surface area contributed by atoms with Crippen LogP contribution in [0.5, 0.6) is 0 Å². The summed E-state index contributed by atoms with van der Waals surface area (Å²) in [5.74, 6) is -0.337. The summed E-state index contributed by atoms with van der Waals surface area (Å²) in [6.07, 6.45) is 2.16. The molecule has 1 aromatic rings. The van der Waals surface area contributed by atoms with Gasteiger partial charge in [-0.2, -0.15) is 0 Å². The van der Waals surface area contributed by atoms with Crippen LogP contribution in [-0.4, -0.2) is 47.5 Å². The molecule has 0 radical (unpaired) electrons. The molecule has 100 valence electrons. The van der Waals surface area contributed by atoms with Gasteiger partial charge in [0.1, 0.15) is 0 Å². The summed E-state index contributed by atoms with van der Waals surface area (Å²) < 4.78 is 13.6. The Morgan fingerprint density at radius 1 is 1.42 bits per heavy atom. The Balaban J connectivity index is 1.76. The SMILES string of the molecule is O=C1CNC(=O)N1C1CCN(c2ncccc2F)C1. The molecule has 2 aliphatic heterocycles. The first kappa shape index (κ1) is 11.9. The molecule has 6 nitrogen and oxygen atoms in total. The highest BCUT2D eigenvalue weighted by atomic mass is 19.1. The molecular weight excluding hydrogens is 251 g/mol. The molecule has 1 unspecified atom stereocenters. The predicted octanol–water partition coefficient (Wildman–Crippen LogP) is 0.351. The second-order valence-electron chi connectivity index (χ2n) is 4.62. The molecule has 0 saturated carbocycles. The lowest BCUT2D eigenvalue weighted by molar-refractivity contribution is -0.126. The van der Waals surface area contributed by atoms with E-state index in [1.807, 2.05) is 0 Å². The van der Waals surface area contributed by atoms with E-state index in [1.165, 1.54) is 23.2 Å². The largest absolute Gasteiger partial charge is 0.352 e. The minimum atomic E-state index is -0.389. The van der Waals surface area contributed by atoms with Crippen LogP contribution in [0, 0.1) is 5.82 Å². The number of halogens is 1. The fourth-order valence-corrected chi connectivity index (χ4v) is 2.56. The Labute approximate surface area is 109 Å². The number of carbonyl (C=O) groups is 2. The average molecular weight is 264 g/mol. The van der Waals surface area contributed by atoms with Gasteiger partial charge in [-0.05, 0) is 18.6 Å². The zero-order valence-electron chi connectivity index (χ0n) is 10.2. The number of aromatic nitrogens is 1. The first-order valence-electron chi connectivity index (χ1n) is 6.12. The summed E-state index contributed by atoms with van der Waals surface area (Å²) in [6, 6.07) is 2.31. The highest BCUT2D eigenvalue weighted by Gasteiger charge is 2.39. The van der Waals surface area contributed by atoms with Crippen molar-refractivity contribution in [2.75, 3.05) is 24.5 Å². The van der Waals surface area contributed by atoms with Gasteiger partial charge >= 0.3 is 6.03 Å². The van der Waals surface area contributed by atoms with Crippen molar-refractivity contribution < 1.29 is 14.0 Å².